The van der Waals surface area contributed by atoms with Gasteiger partial charge in [-0.1, -0.05) is 22.0 Å². The summed E-state index contributed by atoms with van der Waals surface area (Å²) in [6.45, 7) is 5.35. The molecule has 16 heavy (non-hydrogen) atoms. The molecule has 1 unspecified atom stereocenters. The maximum absolute atomic E-state index is 5.55. The Bertz CT molecular complexity index is 397. The van der Waals surface area contributed by atoms with Crippen molar-refractivity contribution in [2.24, 2.45) is 0 Å². The number of benzene rings is 1. The highest BCUT2D eigenvalue weighted by molar-refractivity contribution is 9.10. The summed E-state index contributed by atoms with van der Waals surface area (Å²) in [7, 11) is 1.75. The zero-order valence-corrected chi connectivity index (χ0v) is 11.6. The summed E-state index contributed by atoms with van der Waals surface area (Å²) in [5, 5.41) is 3.53. The summed E-state index contributed by atoms with van der Waals surface area (Å²) in [6, 6.07) is 2.60. The summed E-state index contributed by atoms with van der Waals surface area (Å²) < 4.78 is 6.74. The monoisotopic (exact) mass is 283 g/mol. The van der Waals surface area contributed by atoms with E-state index >= 15 is 0 Å². The van der Waals surface area contributed by atoms with Crippen molar-refractivity contribution in [1.29, 1.82) is 0 Å². The molecule has 0 amide bonds. The lowest BCUT2D eigenvalue weighted by molar-refractivity contribution is 0.399. The summed E-state index contributed by atoms with van der Waals surface area (Å²) >= 11 is 3.70. The van der Waals surface area contributed by atoms with Gasteiger partial charge < -0.3 is 10.1 Å². The van der Waals surface area contributed by atoms with E-state index in [1.165, 1.54) is 34.0 Å². The number of methoxy groups -OCH3 is 1. The Morgan fingerprint density at radius 2 is 2.12 bits per heavy atom. The van der Waals surface area contributed by atoms with Gasteiger partial charge in [0, 0.05) is 16.1 Å². The van der Waals surface area contributed by atoms with Crippen LogP contribution >= 0.6 is 15.9 Å². The fraction of sp³-hybridized carbons (Fsp3) is 0.538. The van der Waals surface area contributed by atoms with Crippen molar-refractivity contribution < 1.29 is 4.74 Å². The quantitative estimate of drug-likeness (QED) is 0.897. The van der Waals surface area contributed by atoms with Crippen molar-refractivity contribution in [2.45, 2.75) is 32.7 Å². The second-order valence-electron chi connectivity index (χ2n) is 4.42. The molecule has 1 atom stereocenters. The average Bonchev–Trinajstić information content (AvgIpc) is 2.76. The Kier molecular flexibility index (Phi) is 3.55. The smallest absolute Gasteiger partial charge is 0.127 e. The molecule has 0 spiro atoms. The van der Waals surface area contributed by atoms with Crippen LogP contribution in [0.25, 0.3) is 0 Å². The van der Waals surface area contributed by atoms with E-state index in [1.807, 2.05) is 0 Å². The van der Waals surface area contributed by atoms with Crippen LogP contribution in [0.5, 0.6) is 5.75 Å². The summed E-state index contributed by atoms with van der Waals surface area (Å²) in [5.74, 6) is 1.02. The third kappa shape index (κ3) is 1.98. The van der Waals surface area contributed by atoms with Crippen LogP contribution in [0.15, 0.2) is 10.5 Å². The maximum Gasteiger partial charge on any atom is 0.127 e. The Morgan fingerprint density at radius 1 is 1.38 bits per heavy atom. The lowest BCUT2D eigenvalue weighted by Crippen LogP contribution is -2.15. The second kappa shape index (κ2) is 4.76. The van der Waals surface area contributed by atoms with E-state index in [0.717, 1.165) is 12.3 Å². The van der Waals surface area contributed by atoms with Gasteiger partial charge in [-0.3, -0.25) is 0 Å². The topological polar surface area (TPSA) is 21.3 Å². The summed E-state index contributed by atoms with van der Waals surface area (Å²) in [4.78, 5) is 0. The molecule has 0 bridgehead atoms. The van der Waals surface area contributed by atoms with Crippen molar-refractivity contribution in [3.8, 4) is 5.75 Å². The molecular weight excluding hydrogens is 266 g/mol. The van der Waals surface area contributed by atoms with Gasteiger partial charge in [0.1, 0.15) is 5.75 Å². The minimum Gasteiger partial charge on any atom is -0.496 e. The predicted octanol–water partition coefficient (Wildman–Crippen LogP) is 3.50. The normalized spacial score (nSPS) is 20.1. The SMILES string of the molecule is COc1c(C)cc(C)c(Br)c1C1CCCN1. The van der Waals surface area contributed by atoms with Gasteiger partial charge >= 0.3 is 0 Å². The first-order valence-corrected chi connectivity index (χ1v) is 6.51. The Balaban J connectivity index is 2.54. The van der Waals surface area contributed by atoms with Gasteiger partial charge in [0.15, 0.2) is 0 Å². The molecule has 1 aliphatic heterocycles. The van der Waals surface area contributed by atoms with Crippen molar-refractivity contribution in [3.05, 3.63) is 27.2 Å². The maximum atomic E-state index is 5.55. The highest BCUT2D eigenvalue weighted by Gasteiger charge is 2.24. The van der Waals surface area contributed by atoms with Crippen LogP contribution in [0.2, 0.25) is 0 Å². The number of hydrogen-bond donors (Lipinski definition) is 1. The van der Waals surface area contributed by atoms with Gasteiger partial charge in [0.2, 0.25) is 0 Å². The van der Waals surface area contributed by atoms with Crippen LogP contribution in [0, 0.1) is 13.8 Å². The number of rotatable bonds is 2. The minimum atomic E-state index is 0.433. The molecule has 1 N–H and O–H groups in total. The molecule has 1 heterocycles. The average molecular weight is 284 g/mol. The zero-order valence-electron chi connectivity index (χ0n) is 10.1. The second-order valence-corrected chi connectivity index (χ2v) is 5.21. The third-order valence-electron chi connectivity index (χ3n) is 3.23. The fourth-order valence-electron chi connectivity index (χ4n) is 2.49. The molecular formula is C13H18BrNO. The Morgan fingerprint density at radius 3 is 2.69 bits per heavy atom. The predicted molar refractivity (Wildman–Crippen MR) is 70.1 cm³/mol. The first-order valence-electron chi connectivity index (χ1n) is 5.72. The van der Waals surface area contributed by atoms with Crippen molar-refractivity contribution in [3.63, 3.8) is 0 Å². The summed E-state index contributed by atoms with van der Waals surface area (Å²) in [6.07, 6.45) is 2.44. The lowest BCUT2D eigenvalue weighted by Gasteiger charge is -2.20. The van der Waals surface area contributed by atoms with Gasteiger partial charge in [-0.05, 0) is 44.4 Å². The van der Waals surface area contributed by atoms with E-state index < -0.39 is 0 Å². The molecule has 0 aromatic heterocycles. The van der Waals surface area contributed by atoms with E-state index in [9.17, 15) is 0 Å². The molecule has 1 aliphatic rings. The van der Waals surface area contributed by atoms with Crippen molar-refractivity contribution >= 4 is 15.9 Å². The molecule has 0 saturated carbocycles. The molecule has 1 aromatic carbocycles. The molecule has 0 radical (unpaired) electrons. The van der Waals surface area contributed by atoms with Gasteiger partial charge in [-0.25, -0.2) is 0 Å². The van der Waals surface area contributed by atoms with Crippen LogP contribution in [-0.2, 0) is 0 Å². The number of halogens is 1. The van der Waals surface area contributed by atoms with E-state index in [4.69, 9.17) is 4.74 Å². The van der Waals surface area contributed by atoms with E-state index in [1.54, 1.807) is 7.11 Å². The number of aryl methyl sites for hydroxylation is 2. The largest absolute Gasteiger partial charge is 0.496 e. The molecule has 2 nitrogen and oxygen atoms in total. The zero-order chi connectivity index (χ0) is 11.7. The van der Waals surface area contributed by atoms with E-state index in [2.05, 4.69) is 41.2 Å². The summed E-state index contributed by atoms with van der Waals surface area (Å²) in [5.41, 5.74) is 3.78. The molecule has 0 aliphatic carbocycles. The molecule has 1 fully saturated rings. The van der Waals surface area contributed by atoms with Gasteiger partial charge in [-0.2, -0.15) is 0 Å². The molecule has 3 heteroatoms. The minimum absolute atomic E-state index is 0.433. The van der Waals surface area contributed by atoms with Crippen LogP contribution in [0.1, 0.15) is 35.6 Å². The van der Waals surface area contributed by atoms with Crippen LogP contribution < -0.4 is 10.1 Å². The number of ether oxygens (including phenoxy) is 1. The molecule has 1 saturated heterocycles. The highest BCUT2D eigenvalue weighted by atomic mass is 79.9. The Hall–Kier alpha value is -0.540. The number of hydrogen-bond acceptors (Lipinski definition) is 2. The Labute approximate surface area is 106 Å². The first kappa shape index (κ1) is 11.9. The van der Waals surface area contributed by atoms with Crippen LogP contribution in [0.4, 0.5) is 0 Å². The van der Waals surface area contributed by atoms with E-state index in [0.29, 0.717) is 6.04 Å². The molecule has 88 valence electrons. The standard InChI is InChI=1S/C13H18BrNO/c1-8-7-9(2)13(16-3)11(12(8)14)10-5-4-6-15-10/h7,10,15H,4-6H2,1-3H3. The van der Waals surface area contributed by atoms with Crippen LogP contribution in [-0.4, -0.2) is 13.7 Å². The molecule has 2 rings (SSSR count). The van der Waals surface area contributed by atoms with Gasteiger partial charge in [0.25, 0.3) is 0 Å². The fourth-order valence-corrected chi connectivity index (χ4v) is 3.06. The third-order valence-corrected chi connectivity index (χ3v) is 4.28. The van der Waals surface area contributed by atoms with E-state index in [-0.39, 0.29) is 0 Å². The van der Waals surface area contributed by atoms with Crippen molar-refractivity contribution in [2.75, 3.05) is 13.7 Å². The lowest BCUT2D eigenvalue weighted by atomic mass is 9.98. The van der Waals surface area contributed by atoms with Crippen LogP contribution in [0.3, 0.4) is 0 Å². The van der Waals surface area contributed by atoms with Crippen molar-refractivity contribution in [1.82, 2.24) is 5.32 Å². The van der Waals surface area contributed by atoms with Gasteiger partial charge in [-0.15, -0.1) is 0 Å². The molecule has 1 aromatic rings. The first-order chi connectivity index (χ1) is 7.65. The number of nitrogens with one attached hydrogen (secondary N) is 1. The highest BCUT2D eigenvalue weighted by Crippen LogP contribution is 2.40. The van der Waals surface area contributed by atoms with Gasteiger partial charge in [0.05, 0.1) is 7.11 Å².